The van der Waals surface area contributed by atoms with E-state index in [1.165, 1.54) is 4.90 Å². The Hall–Kier alpha value is -1.75. The van der Waals surface area contributed by atoms with Gasteiger partial charge < -0.3 is 16.4 Å². The minimum Gasteiger partial charge on any atom is -0.398 e. The van der Waals surface area contributed by atoms with Crippen molar-refractivity contribution in [1.29, 1.82) is 0 Å². The summed E-state index contributed by atoms with van der Waals surface area (Å²) in [6, 6.07) is 4.85. The first-order chi connectivity index (χ1) is 8.97. The molecule has 0 bridgehead atoms. The highest BCUT2D eigenvalue weighted by molar-refractivity contribution is 6.36. The van der Waals surface area contributed by atoms with Gasteiger partial charge in [0.25, 0.3) is 5.91 Å². The third kappa shape index (κ3) is 4.13. The summed E-state index contributed by atoms with van der Waals surface area (Å²) >= 11 is 6.01. The molecule has 4 N–H and O–H groups in total. The number of nitrogens with two attached hydrogens (primary N) is 2. The lowest BCUT2D eigenvalue weighted by atomic mass is 10.1. The molecule has 1 rings (SSSR count). The number of hydrogen-bond acceptors (Lipinski definition) is 3. The molecule has 0 radical (unpaired) electrons. The van der Waals surface area contributed by atoms with Crippen molar-refractivity contribution in [2.75, 3.05) is 18.8 Å². The molecular weight excluding hydrogens is 266 g/mol. The number of unbranched alkanes of at least 4 members (excludes halogenated alkanes) is 1. The Morgan fingerprint density at radius 2 is 2.05 bits per heavy atom. The Kier molecular flexibility index (Phi) is 5.63. The van der Waals surface area contributed by atoms with Crippen molar-refractivity contribution in [3.63, 3.8) is 0 Å². The molecule has 0 aliphatic rings. The maximum atomic E-state index is 12.3. The fraction of sp³-hybridized carbons (Fsp3) is 0.385. The lowest BCUT2D eigenvalue weighted by Gasteiger charge is -2.21. The van der Waals surface area contributed by atoms with E-state index in [0.717, 1.165) is 12.8 Å². The minimum atomic E-state index is -0.551. The SMILES string of the molecule is CCCCN(CC(N)=O)C(=O)c1cccc(N)c1Cl. The van der Waals surface area contributed by atoms with E-state index in [9.17, 15) is 9.59 Å². The largest absolute Gasteiger partial charge is 0.398 e. The van der Waals surface area contributed by atoms with Crippen LogP contribution in [-0.2, 0) is 4.79 Å². The summed E-state index contributed by atoms with van der Waals surface area (Å²) in [5.74, 6) is -0.881. The summed E-state index contributed by atoms with van der Waals surface area (Å²) in [5.41, 5.74) is 11.5. The van der Waals surface area contributed by atoms with Crippen molar-refractivity contribution in [1.82, 2.24) is 4.90 Å². The molecule has 0 spiro atoms. The summed E-state index contributed by atoms with van der Waals surface area (Å²) in [5, 5.41) is 0.207. The molecule has 0 saturated heterocycles. The van der Waals surface area contributed by atoms with Gasteiger partial charge in [0.05, 0.1) is 22.8 Å². The second-order valence-corrected chi connectivity index (χ2v) is 4.63. The molecule has 0 aliphatic carbocycles. The topological polar surface area (TPSA) is 89.4 Å². The number of amides is 2. The second-order valence-electron chi connectivity index (χ2n) is 4.26. The summed E-state index contributed by atoms with van der Waals surface area (Å²) in [7, 11) is 0. The molecule has 0 saturated carbocycles. The standard InChI is InChI=1S/C13H18ClN3O2/c1-2-3-7-17(8-11(16)18)13(19)9-5-4-6-10(15)12(9)14/h4-6H,2-3,7-8,15H2,1H3,(H2,16,18). The first kappa shape index (κ1) is 15.3. The normalized spacial score (nSPS) is 10.2. The Morgan fingerprint density at radius 1 is 1.37 bits per heavy atom. The van der Waals surface area contributed by atoms with E-state index in [1.54, 1.807) is 18.2 Å². The number of nitrogens with zero attached hydrogens (tertiary/aromatic N) is 1. The monoisotopic (exact) mass is 283 g/mol. The third-order valence-electron chi connectivity index (χ3n) is 2.67. The van der Waals surface area contributed by atoms with Crippen molar-refractivity contribution in [2.24, 2.45) is 5.73 Å². The Bertz CT molecular complexity index is 477. The Morgan fingerprint density at radius 3 is 2.63 bits per heavy atom. The van der Waals surface area contributed by atoms with Crippen molar-refractivity contribution >= 4 is 29.1 Å². The molecule has 0 atom stereocenters. The highest BCUT2D eigenvalue weighted by Crippen LogP contribution is 2.24. The van der Waals surface area contributed by atoms with Crippen LogP contribution >= 0.6 is 11.6 Å². The number of hydrogen-bond donors (Lipinski definition) is 2. The molecule has 0 heterocycles. The van der Waals surface area contributed by atoms with Gasteiger partial charge in [0.15, 0.2) is 0 Å². The van der Waals surface area contributed by atoms with Crippen LogP contribution in [0.4, 0.5) is 5.69 Å². The van der Waals surface area contributed by atoms with E-state index in [1.807, 2.05) is 6.92 Å². The molecule has 1 aromatic carbocycles. The van der Waals surface area contributed by atoms with Crippen LogP contribution in [0.3, 0.4) is 0 Å². The lowest BCUT2D eigenvalue weighted by Crippen LogP contribution is -2.39. The number of primary amides is 1. The molecule has 19 heavy (non-hydrogen) atoms. The van der Waals surface area contributed by atoms with Crippen molar-refractivity contribution in [3.8, 4) is 0 Å². The number of carbonyl (C=O) groups excluding carboxylic acids is 2. The number of anilines is 1. The maximum Gasteiger partial charge on any atom is 0.255 e. The predicted octanol–water partition coefficient (Wildman–Crippen LogP) is 1.65. The molecule has 1 aromatic rings. The summed E-state index contributed by atoms with van der Waals surface area (Å²) < 4.78 is 0. The van der Waals surface area contributed by atoms with E-state index >= 15 is 0 Å². The number of nitrogen functional groups attached to an aromatic ring is 1. The van der Waals surface area contributed by atoms with Crippen LogP contribution in [0.25, 0.3) is 0 Å². The molecular formula is C13H18ClN3O2. The summed E-state index contributed by atoms with van der Waals surface area (Å²) in [4.78, 5) is 24.8. The molecule has 0 aromatic heterocycles. The van der Waals surface area contributed by atoms with E-state index in [0.29, 0.717) is 17.8 Å². The van der Waals surface area contributed by atoms with Gasteiger partial charge in [-0.3, -0.25) is 9.59 Å². The number of carbonyl (C=O) groups is 2. The van der Waals surface area contributed by atoms with Crippen molar-refractivity contribution in [3.05, 3.63) is 28.8 Å². The maximum absolute atomic E-state index is 12.3. The van der Waals surface area contributed by atoms with E-state index in [2.05, 4.69) is 0 Å². The van der Waals surface area contributed by atoms with Crippen LogP contribution in [0, 0.1) is 0 Å². The van der Waals surface area contributed by atoms with Gasteiger partial charge in [-0.1, -0.05) is 31.0 Å². The third-order valence-corrected chi connectivity index (χ3v) is 3.10. The van der Waals surface area contributed by atoms with Gasteiger partial charge in [-0.25, -0.2) is 0 Å². The first-order valence-corrected chi connectivity index (χ1v) is 6.46. The van der Waals surface area contributed by atoms with Gasteiger partial charge in [-0.2, -0.15) is 0 Å². The molecule has 2 amide bonds. The van der Waals surface area contributed by atoms with E-state index < -0.39 is 5.91 Å². The van der Waals surface area contributed by atoms with Crippen LogP contribution in [0.2, 0.25) is 5.02 Å². The zero-order valence-electron chi connectivity index (χ0n) is 10.9. The Balaban J connectivity index is 2.97. The average molecular weight is 284 g/mol. The molecule has 0 aliphatic heterocycles. The quantitative estimate of drug-likeness (QED) is 0.778. The van der Waals surface area contributed by atoms with Gasteiger partial charge in [0, 0.05) is 6.54 Å². The van der Waals surface area contributed by atoms with Crippen LogP contribution in [0.1, 0.15) is 30.1 Å². The molecule has 0 fully saturated rings. The highest BCUT2D eigenvalue weighted by atomic mass is 35.5. The fourth-order valence-electron chi connectivity index (χ4n) is 1.67. The smallest absolute Gasteiger partial charge is 0.255 e. The molecule has 104 valence electrons. The molecule has 0 unspecified atom stereocenters. The van der Waals surface area contributed by atoms with Crippen LogP contribution in [-0.4, -0.2) is 29.8 Å². The summed E-state index contributed by atoms with van der Waals surface area (Å²) in [6.07, 6.45) is 1.70. The Labute approximate surface area is 117 Å². The zero-order chi connectivity index (χ0) is 14.4. The molecule has 6 heteroatoms. The van der Waals surface area contributed by atoms with Gasteiger partial charge >= 0.3 is 0 Å². The molecule has 5 nitrogen and oxygen atoms in total. The van der Waals surface area contributed by atoms with Crippen molar-refractivity contribution in [2.45, 2.75) is 19.8 Å². The van der Waals surface area contributed by atoms with Gasteiger partial charge in [0.1, 0.15) is 0 Å². The predicted molar refractivity (Wildman–Crippen MR) is 75.9 cm³/mol. The minimum absolute atomic E-state index is 0.121. The van der Waals surface area contributed by atoms with Crippen molar-refractivity contribution < 1.29 is 9.59 Å². The first-order valence-electron chi connectivity index (χ1n) is 6.09. The van der Waals surface area contributed by atoms with Gasteiger partial charge in [-0.05, 0) is 18.6 Å². The zero-order valence-corrected chi connectivity index (χ0v) is 11.6. The van der Waals surface area contributed by atoms with Crippen LogP contribution in [0.5, 0.6) is 0 Å². The lowest BCUT2D eigenvalue weighted by molar-refractivity contribution is -0.118. The number of rotatable bonds is 6. The average Bonchev–Trinajstić information content (AvgIpc) is 2.36. The van der Waals surface area contributed by atoms with Gasteiger partial charge in [0.2, 0.25) is 5.91 Å². The number of halogens is 1. The van der Waals surface area contributed by atoms with Crippen LogP contribution in [0.15, 0.2) is 18.2 Å². The van der Waals surface area contributed by atoms with Gasteiger partial charge in [-0.15, -0.1) is 0 Å². The van der Waals surface area contributed by atoms with E-state index in [4.69, 9.17) is 23.1 Å². The van der Waals surface area contributed by atoms with E-state index in [-0.39, 0.29) is 17.5 Å². The second kappa shape index (κ2) is 6.99. The number of benzene rings is 1. The fourth-order valence-corrected chi connectivity index (χ4v) is 1.88. The highest BCUT2D eigenvalue weighted by Gasteiger charge is 2.20. The van der Waals surface area contributed by atoms with Crippen LogP contribution < -0.4 is 11.5 Å². The summed E-state index contributed by atoms with van der Waals surface area (Å²) in [6.45, 7) is 2.34.